The van der Waals surface area contributed by atoms with E-state index in [1.54, 1.807) is 12.0 Å². The number of carboxylic acid groups (broad SMARTS) is 1. The first-order valence-electron chi connectivity index (χ1n) is 8.47. The fraction of sp³-hybridized carbons (Fsp3) is 0.300. The Hall–Kier alpha value is -2.89. The number of methoxy groups -OCH3 is 1. The molecule has 2 aromatic rings. The molecule has 1 saturated heterocycles. The molecule has 1 N–H and O–H groups in total. The van der Waals surface area contributed by atoms with E-state index in [2.05, 4.69) is 0 Å². The van der Waals surface area contributed by atoms with Crippen molar-refractivity contribution in [3.05, 3.63) is 65.0 Å². The molecule has 1 unspecified atom stereocenters. The topological polar surface area (TPSA) is 66.8 Å². The number of aromatic carboxylic acids is 1. The number of hydrogen-bond acceptors (Lipinski definition) is 3. The lowest BCUT2D eigenvalue weighted by Crippen LogP contribution is -2.37. The molecule has 1 amide bonds. The number of rotatable bonds is 5. The number of ether oxygens (including phenoxy) is 1. The van der Waals surface area contributed by atoms with E-state index in [4.69, 9.17) is 9.84 Å². The van der Waals surface area contributed by atoms with Gasteiger partial charge in [-0.25, -0.2) is 9.18 Å². The van der Waals surface area contributed by atoms with E-state index < -0.39 is 17.7 Å². The quantitative estimate of drug-likeness (QED) is 0.891. The largest absolute Gasteiger partial charge is 0.496 e. The number of carboxylic acids is 1. The van der Waals surface area contributed by atoms with Crippen LogP contribution >= 0.6 is 0 Å². The third-order valence-electron chi connectivity index (χ3n) is 4.73. The molecular formula is C20H20FNO4. The van der Waals surface area contributed by atoms with Crippen molar-refractivity contribution in [3.8, 4) is 5.75 Å². The van der Waals surface area contributed by atoms with Gasteiger partial charge in [-0.05, 0) is 49.1 Å². The third-order valence-corrected chi connectivity index (χ3v) is 4.73. The Morgan fingerprint density at radius 1 is 1.27 bits per heavy atom. The van der Waals surface area contributed by atoms with Gasteiger partial charge >= 0.3 is 5.97 Å². The SMILES string of the molecule is COc1ccccc1CC1CCCN1C(=O)c1ccc(C(=O)O)cc1F. The number of amides is 1. The maximum atomic E-state index is 14.3. The number of para-hydroxylation sites is 1. The van der Waals surface area contributed by atoms with Crippen LogP contribution in [0.15, 0.2) is 42.5 Å². The summed E-state index contributed by atoms with van der Waals surface area (Å²) in [6.07, 6.45) is 2.31. The summed E-state index contributed by atoms with van der Waals surface area (Å²) in [5.74, 6) is -1.67. The van der Waals surface area contributed by atoms with Crippen LogP contribution in [0, 0.1) is 5.82 Å². The summed E-state index contributed by atoms with van der Waals surface area (Å²) in [6.45, 7) is 0.554. The smallest absolute Gasteiger partial charge is 0.335 e. The molecule has 6 heteroatoms. The molecule has 0 radical (unpaired) electrons. The summed E-state index contributed by atoms with van der Waals surface area (Å²) in [7, 11) is 1.61. The number of benzene rings is 2. The van der Waals surface area contributed by atoms with E-state index in [0.717, 1.165) is 30.2 Å². The number of hydrogen-bond donors (Lipinski definition) is 1. The van der Waals surface area contributed by atoms with E-state index in [1.807, 2.05) is 24.3 Å². The van der Waals surface area contributed by atoms with E-state index in [-0.39, 0.29) is 17.2 Å². The molecule has 26 heavy (non-hydrogen) atoms. The van der Waals surface area contributed by atoms with Crippen molar-refractivity contribution in [3.63, 3.8) is 0 Å². The van der Waals surface area contributed by atoms with Crippen LogP contribution in [0.25, 0.3) is 0 Å². The van der Waals surface area contributed by atoms with Gasteiger partial charge in [0.15, 0.2) is 0 Å². The zero-order chi connectivity index (χ0) is 18.7. The second-order valence-corrected chi connectivity index (χ2v) is 6.31. The van der Waals surface area contributed by atoms with Crippen LogP contribution in [0.1, 0.15) is 39.1 Å². The van der Waals surface area contributed by atoms with Gasteiger partial charge in [-0.2, -0.15) is 0 Å². The maximum Gasteiger partial charge on any atom is 0.335 e. The summed E-state index contributed by atoms with van der Waals surface area (Å²) >= 11 is 0. The van der Waals surface area contributed by atoms with Gasteiger partial charge in [-0.1, -0.05) is 18.2 Å². The van der Waals surface area contributed by atoms with Crippen LogP contribution in [0.4, 0.5) is 4.39 Å². The molecule has 136 valence electrons. The van der Waals surface area contributed by atoms with Crippen molar-refractivity contribution in [1.29, 1.82) is 0 Å². The zero-order valence-electron chi connectivity index (χ0n) is 14.4. The Labute approximate surface area is 151 Å². The Kier molecular flexibility index (Phi) is 5.21. The summed E-state index contributed by atoms with van der Waals surface area (Å²) in [4.78, 5) is 25.4. The average molecular weight is 357 g/mol. The highest BCUT2D eigenvalue weighted by atomic mass is 19.1. The molecule has 0 saturated carbocycles. The molecule has 0 aliphatic carbocycles. The van der Waals surface area contributed by atoms with E-state index in [9.17, 15) is 14.0 Å². The normalized spacial score (nSPS) is 16.5. The summed E-state index contributed by atoms with van der Waals surface area (Å²) in [5.41, 5.74) is 0.731. The van der Waals surface area contributed by atoms with Crippen LogP contribution in [-0.4, -0.2) is 41.6 Å². The van der Waals surface area contributed by atoms with Gasteiger partial charge in [0, 0.05) is 12.6 Å². The third kappa shape index (κ3) is 3.54. The standard InChI is InChI=1S/C20H20FNO4/c1-26-18-7-3-2-5-13(18)11-15-6-4-10-22(15)19(23)16-9-8-14(20(24)25)12-17(16)21/h2-3,5,7-9,12,15H,4,6,10-11H2,1H3,(H,24,25). The van der Waals surface area contributed by atoms with Crippen molar-refractivity contribution >= 4 is 11.9 Å². The van der Waals surface area contributed by atoms with Gasteiger partial charge in [0.25, 0.3) is 5.91 Å². The lowest BCUT2D eigenvalue weighted by Gasteiger charge is -2.25. The first-order chi connectivity index (χ1) is 12.5. The van der Waals surface area contributed by atoms with Gasteiger partial charge in [0.2, 0.25) is 0 Å². The van der Waals surface area contributed by atoms with Gasteiger partial charge in [0.05, 0.1) is 18.2 Å². The lowest BCUT2D eigenvalue weighted by atomic mass is 10.0. The molecular weight excluding hydrogens is 337 g/mol. The first-order valence-corrected chi connectivity index (χ1v) is 8.47. The zero-order valence-corrected chi connectivity index (χ0v) is 14.4. The molecule has 0 spiro atoms. The fourth-order valence-corrected chi connectivity index (χ4v) is 3.42. The molecule has 1 atom stereocenters. The highest BCUT2D eigenvalue weighted by Gasteiger charge is 2.31. The molecule has 1 aliphatic heterocycles. The lowest BCUT2D eigenvalue weighted by molar-refractivity contribution is 0.0690. The van der Waals surface area contributed by atoms with Crippen LogP contribution in [0.3, 0.4) is 0 Å². The Morgan fingerprint density at radius 2 is 2.04 bits per heavy atom. The molecule has 1 fully saturated rings. The van der Waals surface area contributed by atoms with Crippen molar-refractivity contribution < 1.29 is 23.8 Å². The second-order valence-electron chi connectivity index (χ2n) is 6.31. The summed E-state index contributed by atoms with van der Waals surface area (Å²) in [6, 6.07) is 11.0. The van der Waals surface area contributed by atoms with Crippen LogP contribution in [0.5, 0.6) is 5.75 Å². The van der Waals surface area contributed by atoms with Gasteiger partial charge < -0.3 is 14.7 Å². The first kappa shape index (κ1) is 17.9. The molecule has 5 nitrogen and oxygen atoms in total. The number of carbonyl (C=O) groups excluding carboxylic acids is 1. The number of nitrogens with zero attached hydrogens (tertiary/aromatic N) is 1. The Morgan fingerprint density at radius 3 is 2.73 bits per heavy atom. The van der Waals surface area contributed by atoms with E-state index in [0.29, 0.717) is 13.0 Å². The minimum atomic E-state index is -1.22. The minimum Gasteiger partial charge on any atom is -0.496 e. The summed E-state index contributed by atoms with van der Waals surface area (Å²) in [5, 5.41) is 8.93. The van der Waals surface area contributed by atoms with Crippen LogP contribution in [0.2, 0.25) is 0 Å². The molecule has 0 bridgehead atoms. The van der Waals surface area contributed by atoms with Crippen LogP contribution in [-0.2, 0) is 6.42 Å². The highest BCUT2D eigenvalue weighted by Crippen LogP contribution is 2.27. The van der Waals surface area contributed by atoms with Crippen molar-refractivity contribution in [2.45, 2.75) is 25.3 Å². The highest BCUT2D eigenvalue weighted by molar-refractivity contribution is 5.96. The minimum absolute atomic E-state index is 0.0441. The van der Waals surface area contributed by atoms with Crippen molar-refractivity contribution in [2.24, 2.45) is 0 Å². The van der Waals surface area contributed by atoms with Gasteiger partial charge in [-0.3, -0.25) is 4.79 Å². The molecule has 1 heterocycles. The van der Waals surface area contributed by atoms with Crippen molar-refractivity contribution in [1.82, 2.24) is 4.90 Å². The predicted molar refractivity (Wildman–Crippen MR) is 94.1 cm³/mol. The molecule has 1 aliphatic rings. The van der Waals surface area contributed by atoms with Gasteiger partial charge in [-0.15, -0.1) is 0 Å². The van der Waals surface area contributed by atoms with E-state index in [1.165, 1.54) is 12.1 Å². The molecule has 3 rings (SSSR count). The number of likely N-dealkylation sites (tertiary alicyclic amines) is 1. The van der Waals surface area contributed by atoms with Crippen molar-refractivity contribution in [2.75, 3.05) is 13.7 Å². The second kappa shape index (κ2) is 7.56. The Balaban J connectivity index is 1.81. The molecule has 2 aromatic carbocycles. The van der Waals surface area contributed by atoms with Crippen LogP contribution < -0.4 is 4.74 Å². The maximum absolute atomic E-state index is 14.3. The van der Waals surface area contributed by atoms with Gasteiger partial charge in [0.1, 0.15) is 11.6 Å². The molecule has 0 aromatic heterocycles. The fourth-order valence-electron chi connectivity index (χ4n) is 3.42. The van der Waals surface area contributed by atoms with E-state index >= 15 is 0 Å². The Bertz CT molecular complexity index is 836. The monoisotopic (exact) mass is 357 g/mol. The summed E-state index contributed by atoms with van der Waals surface area (Å²) < 4.78 is 19.6. The predicted octanol–water partition coefficient (Wildman–Crippen LogP) is 3.38. The number of halogens is 1. The average Bonchev–Trinajstić information content (AvgIpc) is 3.09. The number of carbonyl (C=O) groups is 2.